The Morgan fingerprint density at radius 3 is 2.75 bits per heavy atom. The van der Waals surface area contributed by atoms with Gasteiger partial charge in [0.05, 0.1) is 16.4 Å². The maximum Gasteiger partial charge on any atom is 0.287 e. The highest BCUT2D eigenvalue weighted by molar-refractivity contribution is 6.34. The Bertz CT molecular complexity index is 824. The van der Waals surface area contributed by atoms with Gasteiger partial charge in [0.25, 0.3) is 5.91 Å². The summed E-state index contributed by atoms with van der Waals surface area (Å²) in [4.78, 5) is 23.6. The molecular weight excluding hydrogens is 374 g/mol. The average Bonchev–Trinajstić information content (AvgIpc) is 3.15. The summed E-state index contributed by atoms with van der Waals surface area (Å²) in [5, 5.41) is 3.72. The second kappa shape index (κ2) is 9.75. The van der Waals surface area contributed by atoms with Crippen LogP contribution in [0.5, 0.6) is 0 Å². The molecule has 1 amide bonds. The number of hydrogen-bond acceptors (Lipinski definition) is 4. The first kappa shape index (κ1) is 20.4. The number of hydrogen-bond donors (Lipinski definition) is 2. The number of nitrogens with zero attached hydrogens (tertiary/aromatic N) is 3. The Morgan fingerprint density at radius 1 is 1.29 bits per heavy atom. The Labute approximate surface area is 171 Å². The number of amides is 1. The summed E-state index contributed by atoms with van der Waals surface area (Å²) in [7, 11) is 0. The van der Waals surface area contributed by atoms with Crippen LogP contribution in [0.3, 0.4) is 0 Å². The van der Waals surface area contributed by atoms with E-state index in [1.165, 1.54) is 5.56 Å². The van der Waals surface area contributed by atoms with E-state index in [1.807, 2.05) is 13.0 Å². The lowest BCUT2D eigenvalue weighted by molar-refractivity contribution is 0.0948. The number of H-pyrrole nitrogens is 1. The first-order chi connectivity index (χ1) is 13.6. The summed E-state index contributed by atoms with van der Waals surface area (Å²) in [6.45, 7) is 9.29. The van der Waals surface area contributed by atoms with Crippen LogP contribution < -0.4 is 10.2 Å². The van der Waals surface area contributed by atoms with E-state index < -0.39 is 0 Å². The number of piperazine rings is 1. The van der Waals surface area contributed by atoms with Gasteiger partial charge in [0.2, 0.25) is 0 Å². The summed E-state index contributed by atoms with van der Waals surface area (Å²) in [5.41, 5.74) is 3.16. The van der Waals surface area contributed by atoms with Crippen molar-refractivity contribution in [1.29, 1.82) is 0 Å². The number of anilines is 1. The van der Waals surface area contributed by atoms with Gasteiger partial charge in [-0.25, -0.2) is 4.98 Å². The van der Waals surface area contributed by atoms with E-state index in [-0.39, 0.29) is 5.91 Å². The van der Waals surface area contributed by atoms with E-state index in [0.29, 0.717) is 12.4 Å². The van der Waals surface area contributed by atoms with Crippen molar-refractivity contribution in [3.05, 3.63) is 58.7 Å². The quantitative estimate of drug-likeness (QED) is 0.700. The van der Waals surface area contributed by atoms with Gasteiger partial charge in [0.1, 0.15) is 0 Å². The predicted molar refractivity (Wildman–Crippen MR) is 114 cm³/mol. The molecule has 1 aromatic heterocycles. The monoisotopic (exact) mass is 401 g/mol. The number of rotatable bonds is 7. The molecule has 1 aromatic carbocycles. The summed E-state index contributed by atoms with van der Waals surface area (Å²) in [6.07, 6.45) is 6.76. The first-order valence-electron chi connectivity index (χ1n) is 9.78. The average molecular weight is 402 g/mol. The van der Waals surface area contributed by atoms with Crippen LogP contribution in [-0.2, 0) is 6.42 Å². The molecule has 28 heavy (non-hydrogen) atoms. The van der Waals surface area contributed by atoms with Crippen LogP contribution in [0.15, 0.2) is 36.5 Å². The highest BCUT2D eigenvalue weighted by atomic mass is 35.5. The van der Waals surface area contributed by atoms with Crippen LogP contribution in [0.1, 0.15) is 28.8 Å². The maximum absolute atomic E-state index is 11.9. The topological polar surface area (TPSA) is 64.3 Å². The lowest BCUT2D eigenvalue weighted by Gasteiger charge is -2.36. The van der Waals surface area contributed by atoms with Crippen molar-refractivity contribution in [1.82, 2.24) is 20.2 Å². The van der Waals surface area contributed by atoms with E-state index in [1.54, 1.807) is 6.20 Å². The van der Waals surface area contributed by atoms with Gasteiger partial charge in [-0.3, -0.25) is 9.69 Å². The highest BCUT2D eigenvalue weighted by Gasteiger charge is 2.19. The van der Waals surface area contributed by atoms with Crippen molar-refractivity contribution in [2.75, 3.05) is 44.2 Å². The Morgan fingerprint density at radius 2 is 2.07 bits per heavy atom. The molecule has 0 aliphatic carbocycles. The van der Waals surface area contributed by atoms with Crippen molar-refractivity contribution < 1.29 is 4.79 Å². The number of carbonyl (C=O) groups is 1. The van der Waals surface area contributed by atoms with Crippen LogP contribution in [0.4, 0.5) is 5.69 Å². The fourth-order valence-electron chi connectivity index (χ4n) is 3.33. The van der Waals surface area contributed by atoms with Gasteiger partial charge in [-0.2, -0.15) is 0 Å². The third kappa shape index (κ3) is 5.14. The molecule has 1 saturated heterocycles. The van der Waals surface area contributed by atoms with Crippen LogP contribution in [-0.4, -0.2) is 60.0 Å². The van der Waals surface area contributed by atoms with E-state index in [9.17, 15) is 4.79 Å². The van der Waals surface area contributed by atoms with Crippen molar-refractivity contribution in [2.24, 2.45) is 0 Å². The smallest absolute Gasteiger partial charge is 0.287 e. The molecule has 0 unspecified atom stereocenters. The van der Waals surface area contributed by atoms with E-state index in [4.69, 9.17) is 11.6 Å². The maximum atomic E-state index is 11.9. The molecule has 150 valence electrons. The van der Waals surface area contributed by atoms with Gasteiger partial charge in [0.15, 0.2) is 5.82 Å². The molecule has 1 aliphatic rings. The number of halogens is 1. The van der Waals surface area contributed by atoms with Gasteiger partial charge in [-0.15, -0.1) is 0 Å². The molecule has 1 aliphatic heterocycles. The second-order valence-corrected chi connectivity index (χ2v) is 7.34. The molecule has 0 saturated carbocycles. The standard InChI is InChI=1S/C21H28ClN5O/c1-3-17-7-6-8-18(19(17)22)27-13-11-26(12-14-27)10-5-4-9-23-21(28)20-24-15-16(2)25-20/h4-8,15H,3,9-14H2,1-2H3,(H,23,28)(H,24,25)/b5-4+. The molecule has 0 atom stereocenters. The van der Waals surface area contributed by atoms with Gasteiger partial charge >= 0.3 is 0 Å². The summed E-state index contributed by atoms with van der Waals surface area (Å²) < 4.78 is 0. The lowest BCUT2D eigenvalue weighted by Crippen LogP contribution is -2.46. The number of nitrogens with one attached hydrogen (secondary N) is 2. The molecule has 0 bridgehead atoms. The summed E-state index contributed by atoms with van der Waals surface area (Å²) >= 11 is 6.56. The van der Waals surface area contributed by atoms with Gasteiger partial charge < -0.3 is 15.2 Å². The fourth-order valence-corrected chi connectivity index (χ4v) is 3.71. The van der Waals surface area contributed by atoms with Crippen LogP contribution in [0.25, 0.3) is 0 Å². The molecule has 7 heteroatoms. The van der Waals surface area contributed by atoms with Crippen LogP contribution in [0.2, 0.25) is 5.02 Å². The van der Waals surface area contributed by atoms with Crippen LogP contribution in [0, 0.1) is 6.92 Å². The number of aryl methyl sites for hydroxylation is 2. The minimum absolute atomic E-state index is 0.183. The SMILES string of the molecule is CCc1cccc(N2CCN(C/C=C/CNC(=O)c3nc(C)c[nH]3)CC2)c1Cl. The van der Waals surface area contributed by atoms with E-state index in [0.717, 1.165) is 55.5 Å². The lowest BCUT2D eigenvalue weighted by atomic mass is 10.1. The molecule has 1 fully saturated rings. The number of carbonyl (C=O) groups excluding carboxylic acids is 1. The van der Waals surface area contributed by atoms with Crippen molar-refractivity contribution in [2.45, 2.75) is 20.3 Å². The fraction of sp³-hybridized carbons (Fsp3) is 0.429. The predicted octanol–water partition coefficient (Wildman–Crippen LogP) is 3.04. The number of aromatic nitrogens is 2. The van der Waals surface area contributed by atoms with E-state index >= 15 is 0 Å². The van der Waals surface area contributed by atoms with E-state index in [2.05, 4.69) is 56.3 Å². The molecule has 0 spiro atoms. The zero-order valence-corrected chi connectivity index (χ0v) is 17.3. The zero-order chi connectivity index (χ0) is 19.9. The third-order valence-electron chi connectivity index (χ3n) is 4.98. The first-order valence-corrected chi connectivity index (χ1v) is 10.2. The molecule has 2 N–H and O–H groups in total. The summed E-state index contributed by atoms with van der Waals surface area (Å²) in [6, 6.07) is 6.30. The van der Waals surface area contributed by atoms with Gasteiger partial charge in [0, 0.05) is 45.5 Å². The highest BCUT2D eigenvalue weighted by Crippen LogP contribution is 2.30. The third-order valence-corrected chi connectivity index (χ3v) is 5.42. The Hall–Kier alpha value is -2.31. The van der Waals surface area contributed by atoms with Gasteiger partial charge in [-0.05, 0) is 25.0 Å². The number of aromatic amines is 1. The molecule has 3 rings (SSSR count). The number of imidazole rings is 1. The minimum atomic E-state index is -0.183. The molecule has 2 heterocycles. The summed E-state index contributed by atoms with van der Waals surface area (Å²) in [5.74, 6) is 0.172. The van der Waals surface area contributed by atoms with Crippen molar-refractivity contribution in [3.8, 4) is 0 Å². The molecule has 6 nitrogen and oxygen atoms in total. The normalized spacial score (nSPS) is 15.3. The Balaban J connectivity index is 1.40. The minimum Gasteiger partial charge on any atom is -0.368 e. The van der Waals surface area contributed by atoms with Crippen molar-refractivity contribution >= 4 is 23.2 Å². The largest absolute Gasteiger partial charge is 0.368 e. The second-order valence-electron chi connectivity index (χ2n) is 6.96. The molecule has 2 aromatic rings. The van der Waals surface area contributed by atoms with Crippen LogP contribution >= 0.6 is 11.6 Å². The molecular formula is C21H28ClN5O. The van der Waals surface area contributed by atoms with Gasteiger partial charge in [-0.1, -0.05) is 42.8 Å². The zero-order valence-electron chi connectivity index (χ0n) is 16.5. The molecule has 0 radical (unpaired) electrons. The Kier molecular flexibility index (Phi) is 7.12. The number of benzene rings is 1. The van der Waals surface area contributed by atoms with Crippen molar-refractivity contribution in [3.63, 3.8) is 0 Å².